The van der Waals surface area contributed by atoms with Crippen LogP contribution in [0.15, 0.2) is 36.5 Å². The monoisotopic (exact) mass is 256 g/mol. The van der Waals surface area contributed by atoms with Crippen molar-refractivity contribution in [1.82, 2.24) is 9.97 Å². The molecule has 0 spiro atoms. The third-order valence-electron chi connectivity index (χ3n) is 3.15. The van der Waals surface area contributed by atoms with Crippen LogP contribution in [0.3, 0.4) is 0 Å². The SMILES string of the molecule is NCc1ccnc(N2CCOc3ccccc3C2)n1. The number of nitrogens with two attached hydrogens (primary N) is 1. The molecule has 98 valence electrons. The molecule has 2 N–H and O–H groups in total. The van der Waals surface area contributed by atoms with E-state index in [-0.39, 0.29) is 0 Å². The zero-order valence-corrected chi connectivity index (χ0v) is 10.6. The number of nitrogens with zero attached hydrogens (tertiary/aromatic N) is 3. The second kappa shape index (κ2) is 5.24. The lowest BCUT2D eigenvalue weighted by Gasteiger charge is -2.19. The Morgan fingerprint density at radius 2 is 2.16 bits per heavy atom. The fraction of sp³-hybridized carbons (Fsp3) is 0.286. The first-order chi connectivity index (χ1) is 9.36. The molecule has 1 aliphatic rings. The van der Waals surface area contributed by atoms with Crippen LogP contribution in [0.25, 0.3) is 0 Å². The zero-order chi connectivity index (χ0) is 13.1. The van der Waals surface area contributed by atoms with Crippen LogP contribution in [-0.4, -0.2) is 23.1 Å². The van der Waals surface area contributed by atoms with Gasteiger partial charge < -0.3 is 15.4 Å². The van der Waals surface area contributed by atoms with Crippen LogP contribution >= 0.6 is 0 Å². The number of benzene rings is 1. The van der Waals surface area contributed by atoms with Crippen molar-refractivity contribution in [3.63, 3.8) is 0 Å². The topological polar surface area (TPSA) is 64.3 Å². The molecule has 0 radical (unpaired) electrons. The van der Waals surface area contributed by atoms with Gasteiger partial charge in [0.15, 0.2) is 0 Å². The molecule has 1 aromatic heterocycles. The van der Waals surface area contributed by atoms with Gasteiger partial charge in [0, 0.05) is 24.8 Å². The normalized spacial score (nSPS) is 14.5. The van der Waals surface area contributed by atoms with Crippen LogP contribution in [-0.2, 0) is 13.1 Å². The van der Waals surface area contributed by atoms with Crippen molar-refractivity contribution in [2.45, 2.75) is 13.1 Å². The Hall–Kier alpha value is -2.14. The van der Waals surface area contributed by atoms with Gasteiger partial charge in [0.05, 0.1) is 12.2 Å². The molecule has 0 atom stereocenters. The van der Waals surface area contributed by atoms with Gasteiger partial charge in [0.2, 0.25) is 5.95 Å². The molecule has 1 aliphatic heterocycles. The fourth-order valence-electron chi connectivity index (χ4n) is 2.15. The lowest BCUT2D eigenvalue weighted by Crippen LogP contribution is -2.27. The third kappa shape index (κ3) is 2.51. The van der Waals surface area contributed by atoms with Gasteiger partial charge in [0.25, 0.3) is 0 Å². The molecule has 3 rings (SSSR count). The maximum atomic E-state index is 5.73. The number of fused-ring (bicyclic) bond motifs is 1. The van der Waals surface area contributed by atoms with E-state index < -0.39 is 0 Å². The number of hydrogen-bond donors (Lipinski definition) is 1. The third-order valence-corrected chi connectivity index (χ3v) is 3.15. The summed E-state index contributed by atoms with van der Waals surface area (Å²) in [5.41, 5.74) is 7.63. The number of hydrogen-bond acceptors (Lipinski definition) is 5. The van der Waals surface area contributed by atoms with E-state index in [9.17, 15) is 0 Å². The molecule has 0 aliphatic carbocycles. The van der Waals surface area contributed by atoms with Gasteiger partial charge in [-0.2, -0.15) is 0 Å². The minimum absolute atomic E-state index is 0.427. The molecule has 0 fully saturated rings. The summed E-state index contributed by atoms with van der Waals surface area (Å²) in [6.07, 6.45) is 1.75. The van der Waals surface area contributed by atoms with Crippen LogP contribution in [0, 0.1) is 0 Å². The molecule has 5 heteroatoms. The Bertz CT molecular complexity index is 573. The van der Waals surface area contributed by atoms with E-state index in [0.717, 1.165) is 30.1 Å². The van der Waals surface area contributed by atoms with Crippen molar-refractivity contribution in [1.29, 1.82) is 0 Å². The van der Waals surface area contributed by atoms with E-state index in [0.29, 0.717) is 19.1 Å². The highest BCUT2D eigenvalue weighted by Gasteiger charge is 2.17. The average Bonchev–Trinajstić information content (AvgIpc) is 2.69. The molecule has 0 bridgehead atoms. The van der Waals surface area contributed by atoms with Gasteiger partial charge in [-0.1, -0.05) is 18.2 Å². The van der Waals surface area contributed by atoms with E-state index in [1.807, 2.05) is 24.3 Å². The summed E-state index contributed by atoms with van der Waals surface area (Å²) >= 11 is 0. The van der Waals surface area contributed by atoms with Crippen LogP contribution in [0.2, 0.25) is 0 Å². The molecule has 0 saturated carbocycles. The van der Waals surface area contributed by atoms with E-state index in [1.165, 1.54) is 0 Å². The van der Waals surface area contributed by atoms with E-state index >= 15 is 0 Å². The Labute approximate surface area is 112 Å². The molecule has 2 aromatic rings. The van der Waals surface area contributed by atoms with Crippen molar-refractivity contribution < 1.29 is 4.74 Å². The van der Waals surface area contributed by atoms with Crippen LogP contribution in [0.4, 0.5) is 5.95 Å². The highest BCUT2D eigenvalue weighted by atomic mass is 16.5. The minimum atomic E-state index is 0.427. The highest BCUT2D eigenvalue weighted by Crippen LogP contribution is 2.24. The van der Waals surface area contributed by atoms with Gasteiger partial charge in [-0.3, -0.25) is 0 Å². The number of anilines is 1. The molecule has 2 heterocycles. The largest absolute Gasteiger partial charge is 0.491 e. The van der Waals surface area contributed by atoms with Crippen molar-refractivity contribution >= 4 is 5.95 Å². The summed E-state index contributed by atoms with van der Waals surface area (Å²) in [6, 6.07) is 9.91. The summed E-state index contributed by atoms with van der Waals surface area (Å²) in [7, 11) is 0. The standard InChI is InChI=1S/C14H16N4O/c15-9-12-5-6-16-14(17-12)18-7-8-19-13-4-2-1-3-11(13)10-18/h1-6H,7-10,15H2. The van der Waals surface area contributed by atoms with Gasteiger partial charge in [-0.05, 0) is 12.1 Å². The maximum Gasteiger partial charge on any atom is 0.225 e. The Morgan fingerprint density at radius 3 is 3.05 bits per heavy atom. The second-order valence-corrected chi connectivity index (χ2v) is 4.43. The van der Waals surface area contributed by atoms with Crippen molar-refractivity contribution in [2.75, 3.05) is 18.1 Å². The van der Waals surface area contributed by atoms with Crippen molar-refractivity contribution in [3.8, 4) is 5.75 Å². The van der Waals surface area contributed by atoms with E-state index in [4.69, 9.17) is 10.5 Å². The molecule has 0 amide bonds. The number of rotatable bonds is 2. The van der Waals surface area contributed by atoms with E-state index in [1.54, 1.807) is 6.20 Å². The summed E-state index contributed by atoms with van der Waals surface area (Å²) in [5, 5.41) is 0. The number of aromatic nitrogens is 2. The summed E-state index contributed by atoms with van der Waals surface area (Å²) in [5.74, 6) is 1.66. The van der Waals surface area contributed by atoms with E-state index in [2.05, 4.69) is 20.9 Å². The Kier molecular flexibility index (Phi) is 3.29. The van der Waals surface area contributed by atoms with Gasteiger partial charge in [0.1, 0.15) is 12.4 Å². The van der Waals surface area contributed by atoms with Crippen molar-refractivity contribution in [2.24, 2.45) is 5.73 Å². The smallest absolute Gasteiger partial charge is 0.225 e. The van der Waals surface area contributed by atoms with Crippen LogP contribution in [0.1, 0.15) is 11.3 Å². The predicted octanol–water partition coefficient (Wildman–Crippen LogP) is 1.33. The first kappa shape index (κ1) is 11.9. The lowest BCUT2D eigenvalue weighted by atomic mass is 10.2. The van der Waals surface area contributed by atoms with Crippen molar-refractivity contribution in [3.05, 3.63) is 47.8 Å². The maximum absolute atomic E-state index is 5.73. The van der Waals surface area contributed by atoms with Gasteiger partial charge in [-0.15, -0.1) is 0 Å². The zero-order valence-electron chi connectivity index (χ0n) is 10.6. The molecule has 1 aromatic carbocycles. The predicted molar refractivity (Wildman–Crippen MR) is 72.9 cm³/mol. The summed E-state index contributed by atoms with van der Waals surface area (Å²) in [6.45, 7) is 2.58. The summed E-state index contributed by atoms with van der Waals surface area (Å²) < 4.78 is 5.73. The van der Waals surface area contributed by atoms with Crippen LogP contribution < -0.4 is 15.4 Å². The fourth-order valence-corrected chi connectivity index (χ4v) is 2.15. The number of ether oxygens (including phenoxy) is 1. The molecule has 5 nitrogen and oxygen atoms in total. The second-order valence-electron chi connectivity index (χ2n) is 4.43. The average molecular weight is 256 g/mol. The number of para-hydroxylation sites is 1. The Balaban J connectivity index is 1.89. The first-order valence-electron chi connectivity index (χ1n) is 6.34. The van der Waals surface area contributed by atoms with Crippen LogP contribution in [0.5, 0.6) is 5.75 Å². The molecule has 0 saturated heterocycles. The minimum Gasteiger partial charge on any atom is -0.491 e. The molecular formula is C14H16N4O. The molecule has 0 unspecified atom stereocenters. The Morgan fingerprint density at radius 1 is 1.26 bits per heavy atom. The first-order valence-corrected chi connectivity index (χ1v) is 6.34. The van der Waals surface area contributed by atoms with Gasteiger partial charge >= 0.3 is 0 Å². The molecular weight excluding hydrogens is 240 g/mol. The lowest BCUT2D eigenvalue weighted by molar-refractivity contribution is 0.331. The quantitative estimate of drug-likeness (QED) is 0.878. The molecule has 19 heavy (non-hydrogen) atoms. The summed E-state index contributed by atoms with van der Waals surface area (Å²) in [4.78, 5) is 10.9. The van der Waals surface area contributed by atoms with Gasteiger partial charge in [-0.25, -0.2) is 9.97 Å². The highest BCUT2D eigenvalue weighted by molar-refractivity contribution is 5.40.